The summed E-state index contributed by atoms with van der Waals surface area (Å²) in [5.41, 5.74) is 1.09. The maximum Gasteiger partial charge on any atom is 0.251 e. The monoisotopic (exact) mass is 307 g/mol. The molecule has 0 unspecified atom stereocenters. The standard InChI is InChI=1S/C14H18ClN5O/c1-14(2,3)10-5-9(6-11(15)18-10)13(21)16-7-12-19-17-8-20(12)4/h5-6,8H,7H2,1-4H3,(H,16,21). The van der Waals surface area contributed by atoms with E-state index in [2.05, 4.69) is 20.5 Å². The molecule has 6 nitrogen and oxygen atoms in total. The number of halogens is 1. The molecule has 7 heteroatoms. The maximum atomic E-state index is 12.2. The molecule has 0 aliphatic heterocycles. The van der Waals surface area contributed by atoms with Gasteiger partial charge in [-0.1, -0.05) is 32.4 Å². The van der Waals surface area contributed by atoms with E-state index in [0.29, 0.717) is 23.1 Å². The molecule has 0 fully saturated rings. The number of carbonyl (C=O) groups is 1. The molecule has 1 amide bonds. The molecule has 1 N–H and O–H groups in total. The summed E-state index contributed by atoms with van der Waals surface area (Å²) in [6.45, 7) is 6.37. The summed E-state index contributed by atoms with van der Waals surface area (Å²) in [7, 11) is 1.82. The van der Waals surface area contributed by atoms with Gasteiger partial charge in [0.25, 0.3) is 5.91 Å². The van der Waals surface area contributed by atoms with Crippen LogP contribution in [0, 0.1) is 0 Å². The van der Waals surface area contributed by atoms with E-state index in [1.54, 1.807) is 23.0 Å². The lowest BCUT2D eigenvalue weighted by molar-refractivity contribution is 0.0949. The lowest BCUT2D eigenvalue weighted by Crippen LogP contribution is -2.25. The van der Waals surface area contributed by atoms with E-state index in [9.17, 15) is 4.79 Å². The van der Waals surface area contributed by atoms with Gasteiger partial charge in [-0.05, 0) is 12.1 Å². The van der Waals surface area contributed by atoms with Gasteiger partial charge >= 0.3 is 0 Å². The van der Waals surface area contributed by atoms with Crippen LogP contribution in [0.5, 0.6) is 0 Å². The highest BCUT2D eigenvalue weighted by molar-refractivity contribution is 6.29. The van der Waals surface area contributed by atoms with Crippen molar-refractivity contribution in [2.75, 3.05) is 0 Å². The summed E-state index contributed by atoms with van der Waals surface area (Å²) in [4.78, 5) is 16.5. The molecule has 0 aliphatic carbocycles. The summed E-state index contributed by atoms with van der Waals surface area (Å²) in [6.07, 6.45) is 1.59. The fourth-order valence-electron chi connectivity index (χ4n) is 1.74. The van der Waals surface area contributed by atoms with E-state index in [1.807, 2.05) is 27.8 Å². The van der Waals surface area contributed by atoms with Gasteiger partial charge in [0, 0.05) is 23.7 Å². The van der Waals surface area contributed by atoms with Crippen LogP contribution >= 0.6 is 11.6 Å². The summed E-state index contributed by atoms with van der Waals surface area (Å²) < 4.78 is 1.75. The molecule has 0 bridgehead atoms. The molecule has 0 saturated heterocycles. The van der Waals surface area contributed by atoms with Crippen LogP contribution in [-0.2, 0) is 19.0 Å². The summed E-state index contributed by atoms with van der Waals surface area (Å²) >= 11 is 6.01. The number of amides is 1. The van der Waals surface area contributed by atoms with Crippen LogP contribution < -0.4 is 5.32 Å². The number of nitrogens with one attached hydrogen (secondary N) is 1. The number of hydrogen-bond acceptors (Lipinski definition) is 4. The molecule has 21 heavy (non-hydrogen) atoms. The van der Waals surface area contributed by atoms with Gasteiger partial charge in [-0.15, -0.1) is 10.2 Å². The normalized spacial score (nSPS) is 11.5. The number of aryl methyl sites for hydroxylation is 1. The van der Waals surface area contributed by atoms with Gasteiger partial charge in [-0.25, -0.2) is 4.98 Å². The highest BCUT2D eigenvalue weighted by Gasteiger charge is 2.19. The first-order valence-electron chi connectivity index (χ1n) is 6.56. The van der Waals surface area contributed by atoms with Gasteiger partial charge in [-0.2, -0.15) is 0 Å². The number of pyridine rings is 1. The fourth-order valence-corrected chi connectivity index (χ4v) is 1.95. The maximum absolute atomic E-state index is 12.2. The Morgan fingerprint density at radius 3 is 2.67 bits per heavy atom. The van der Waals surface area contributed by atoms with Crippen LogP contribution in [0.3, 0.4) is 0 Å². The zero-order valence-electron chi connectivity index (χ0n) is 12.5. The fraction of sp³-hybridized carbons (Fsp3) is 0.429. The average molecular weight is 308 g/mol. The lowest BCUT2D eigenvalue weighted by atomic mass is 9.91. The minimum Gasteiger partial charge on any atom is -0.345 e. The van der Waals surface area contributed by atoms with Gasteiger partial charge in [0.05, 0.1) is 6.54 Å². The topological polar surface area (TPSA) is 72.7 Å². The first-order chi connectivity index (χ1) is 9.77. The highest BCUT2D eigenvalue weighted by Crippen LogP contribution is 2.23. The van der Waals surface area contributed by atoms with Crippen LogP contribution in [0.2, 0.25) is 5.15 Å². The Morgan fingerprint density at radius 1 is 1.38 bits per heavy atom. The Kier molecular flexibility index (Phi) is 4.27. The van der Waals surface area contributed by atoms with E-state index in [0.717, 1.165) is 5.69 Å². The third-order valence-electron chi connectivity index (χ3n) is 3.04. The molecule has 2 heterocycles. The molecule has 0 atom stereocenters. The van der Waals surface area contributed by atoms with Crippen LogP contribution in [0.1, 0.15) is 42.6 Å². The van der Waals surface area contributed by atoms with Crippen LogP contribution in [0.4, 0.5) is 0 Å². The number of rotatable bonds is 3. The number of hydrogen-bond donors (Lipinski definition) is 1. The molecule has 112 valence electrons. The molecule has 0 radical (unpaired) electrons. The van der Waals surface area contributed by atoms with E-state index in [4.69, 9.17) is 11.6 Å². The van der Waals surface area contributed by atoms with Crippen molar-refractivity contribution in [1.29, 1.82) is 0 Å². The Hall–Kier alpha value is -1.95. The van der Waals surface area contributed by atoms with E-state index in [1.165, 1.54) is 0 Å². The second kappa shape index (κ2) is 5.81. The van der Waals surface area contributed by atoms with Gasteiger partial charge in [0.2, 0.25) is 0 Å². The third-order valence-corrected chi connectivity index (χ3v) is 3.23. The third kappa shape index (κ3) is 3.78. The van der Waals surface area contributed by atoms with Crippen LogP contribution in [0.25, 0.3) is 0 Å². The summed E-state index contributed by atoms with van der Waals surface area (Å²) in [5.74, 6) is 0.465. The Morgan fingerprint density at radius 2 is 2.10 bits per heavy atom. The molecule has 0 spiro atoms. The van der Waals surface area contributed by atoms with Crippen LogP contribution in [-0.4, -0.2) is 25.7 Å². The van der Waals surface area contributed by atoms with Crippen molar-refractivity contribution >= 4 is 17.5 Å². The van der Waals surface area contributed by atoms with Crippen molar-refractivity contribution in [3.63, 3.8) is 0 Å². The zero-order chi connectivity index (χ0) is 15.6. The Bertz CT molecular complexity index is 660. The van der Waals surface area contributed by atoms with Gasteiger partial charge < -0.3 is 9.88 Å². The Labute approximate surface area is 128 Å². The van der Waals surface area contributed by atoms with Crippen molar-refractivity contribution < 1.29 is 4.79 Å². The smallest absolute Gasteiger partial charge is 0.251 e. The van der Waals surface area contributed by atoms with Crippen molar-refractivity contribution in [2.24, 2.45) is 7.05 Å². The SMILES string of the molecule is Cn1cnnc1CNC(=O)c1cc(Cl)nc(C(C)(C)C)c1. The molecule has 0 aliphatic rings. The minimum absolute atomic E-state index is 0.177. The summed E-state index contributed by atoms with van der Waals surface area (Å²) in [6, 6.07) is 3.32. The van der Waals surface area contributed by atoms with Crippen molar-refractivity contribution in [2.45, 2.75) is 32.7 Å². The minimum atomic E-state index is -0.215. The van der Waals surface area contributed by atoms with Crippen molar-refractivity contribution in [3.05, 3.63) is 40.7 Å². The van der Waals surface area contributed by atoms with Gasteiger partial charge in [0.15, 0.2) is 5.82 Å². The molecular formula is C14H18ClN5O. The van der Waals surface area contributed by atoms with E-state index < -0.39 is 0 Å². The van der Waals surface area contributed by atoms with Gasteiger partial charge in [0.1, 0.15) is 11.5 Å². The van der Waals surface area contributed by atoms with Crippen LogP contribution in [0.15, 0.2) is 18.5 Å². The molecule has 2 aromatic heterocycles. The van der Waals surface area contributed by atoms with Crippen molar-refractivity contribution in [3.8, 4) is 0 Å². The number of aromatic nitrogens is 4. The number of carbonyl (C=O) groups excluding carboxylic acids is 1. The lowest BCUT2D eigenvalue weighted by Gasteiger charge is -2.18. The zero-order valence-corrected chi connectivity index (χ0v) is 13.3. The predicted octanol–water partition coefficient (Wildman–Crippen LogP) is 2.09. The van der Waals surface area contributed by atoms with Gasteiger partial charge in [-0.3, -0.25) is 4.79 Å². The first-order valence-corrected chi connectivity index (χ1v) is 6.94. The average Bonchev–Trinajstić information content (AvgIpc) is 2.79. The molecule has 2 rings (SSSR count). The summed E-state index contributed by atoms with van der Waals surface area (Å²) in [5, 5.41) is 10.8. The van der Waals surface area contributed by atoms with E-state index >= 15 is 0 Å². The highest BCUT2D eigenvalue weighted by atomic mass is 35.5. The Balaban J connectivity index is 2.16. The molecule has 0 saturated carbocycles. The quantitative estimate of drug-likeness (QED) is 0.881. The molecular weight excluding hydrogens is 290 g/mol. The largest absolute Gasteiger partial charge is 0.345 e. The van der Waals surface area contributed by atoms with E-state index in [-0.39, 0.29) is 11.3 Å². The van der Waals surface area contributed by atoms with Crippen molar-refractivity contribution in [1.82, 2.24) is 25.1 Å². The second-order valence-corrected chi connectivity index (χ2v) is 6.24. The first kappa shape index (κ1) is 15.4. The second-order valence-electron chi connectivity index (χ2n) is 5.85. The molecule has 2 aromatic rings. The molecule has 0 aromatic carbocycles. The number of nitrogens with zero attached hydrogens (tertiary/aromatic N) is 4. The predicted molar refractivity (Wildman–Crippen MR) is 80.1 cm³/mol.